The average molecular weight is 425 g/mol. The number of hydrogen-bond donors (Lipinski definition) is 1. The molecule has 1 N–H and O–H groups in total. The van der Waals surface area contributed by atoms with Crippen molar-refractivity contribution in [2.75, 3.05) is 18.4 Å². The number of aryl methyl sites for hydroxylation is 1. The maximum atomic E-state index is 13.9. The molecule has 0 aliphatic carbocycles. The fourth-order valence-corrected chi connectivity index (χ4v) is 5.21. The van der Waals surface area contributed by atoms with Crippen molar-refractivity contribution < 1.29 is 17.6 Å². The van der Waals surface area contributed by atoms with Gasteiger partial charge in [0.15, 0.2) is 0 Å². The normalized spacial score (nSPS) is 15.8. The van der Waals surface area contributed by atoms with E-state index in [1.807, 2.05) is 0 Å². The SMILES string of the molecule is Cc1ccc(F)c(NC(=O)c2ccc(Cl)c(S(=O)(=O)N3CCCCCC3)c2)c1. The van der Waals surface area contributed by atoms with Crippen LogP contribution in [0.2, 0.25) is 5.02 Å². The molecule has 0 radical (unpaired) electrons. The number of sulfonamides is 1. The smallest absolute Gasteiger partial charge is 0.255 e. The average Bonchev–Trinajstić information content (AvgIpc) is 2.95. The topological polar surface area (TPSA) is 66.5 Å². The van der Waals surface area contributed by atoms with E-state index >= 15 is 0 Å². The minimum atomic E-state index is -3.81. The maximum Gasteiger partial charge on any atom is 0.255 e. The molecular formula is C20H22ClFN2O3S. The van der Waals surface area contributed by atoms with Crippen LogP contribution in [0.5, 0.6) is 0 Å². The summed E-state index contributed by atoms with van der Waals surface area (Å²) in [6.45, 7) is 2.65. The minimum absolute atomic E-state index is 0.0388. The largest absolute Gasteiger partial charge is 0.319 e. The fraction of sp³-hybridized carbons (Fsp3) is 0.350. The molecule has 5 nitrogen and oxygen atoms in total. The standard InChI is InChI=1S/C20H22ClFN2O3S/c1-14-6-9-17(22)18(12-14)23-20(25)15-7-8-16(21)19(13-15)28(26,27)24-10-4-2-3-5-11-24/h6-9,12-13H,2-5,10-11H2,1H3,(H,23,25). The van der Waals surface area contributed by atoms with Crippen LogP contribution in [0.25, 0.3) is 0 Å². The van der Waals surface area contributed by atoms with E-state index in [0.29, 0.717) is 13.1 Å². The van der Waals surface area contributed by atoms with Gasteiger partial charge in [-0.3, -0.25) is 4.79 Å². The second-order valence-electron chi connectivity index (χ2n) is 6.90. The van der Waals surface area contributed by atoms with Crippen molar-refractivity contribution in [3.05, 3.63) is 58.4 Å². The van der Waals surface area contributed by atoms with E-state index in [-0.39, 0.29) is 21.2 Å². The van der Waals surface area contributed by atoms with Gasteiger partial charge in [-0.25, -0.2) is 12.8 Å². The van der Waals surface area contributed by atoms with E-state index in [1.54, 1.807) is 13.0 Å². The molecule has 1 heterocycles. The second-order valence-corrected chi connectivity index (χ2v) is 9.21. The summed E-state index contributed by atoms with van der Waals surface area (Å²) in [4.78, 5) is 12.5. The fourth-order valence-electron chi connectivity index (χ4n) is 3.19. The Morgan fingerprint density at radius 1 is 1.07 bits per heavy atom. The van der Waals surface area contributed by atoms with E-state index in [4.69, 9.17) is 11.6 Å². The van der Waals surface area contributed by atoms with Crippen molar-refractivity contribution in [1.82, 2.24) is 4.31 Å². The zero-order valence-corrected chi connectivity index (χ0v) is 17.1. The van der Waals surface area contributed by atoms with Gasteiger partial charge in [0.05, 0.1) is 10.7 Å². The Kier molecular flexibility index (Phi) is 6.37. The van der Waals surface area contributed by atoms with E-state index in [0.717, 1.165) is 31.2 Å². The molecule has 28 heavy (non-hydrogen) atoms. The van der Waals surface area contributed by atoms with Crippen LogP contribution >= 0.6 is 11.6 Å². The van der Waals surface area contributed by atoms with Gasteiger partial charge in [0.1, 0.15) is 10.7 Å². The molecule has 8 heteroatoms. The third-order valence-electron chi connectivity index (χ3n) is 4.75. The van der Waals surface area contributed by atoms with E-state index in [2.05, 4.69) is 5.32 Å². The lowest BCUT2D eigenvalue weighted by Crippen LogP contribution is -2.32. The molecule has 1 fully saturated rings. The van der Waals surface area contributed by atoms with Crippen LogP contribution in [0.3, 0.4) is 0 Å². The van der Waals surface area contributed by atoms with Gasteiger partial charge in [0.25, 0.3) is 5.91 Å². The minimum Gasteiger partial charge on any atom is -0.319 e. The summed E-state index contributed by atoms with van der Waals surface area (Å²) in [5.41, 5.74) is 0.924. The van der Waals surface area contributed by atoms with Gasteiger partial charge in [0, 0.05) is 18.7 Å². The van der Waals surface area contributed by atoms with Crippen molar-refractivity contribution >= 4 is 33.2 Å². The molecule has 0 aromatic heterocycles. The number of carbonyl (C=O) groups excluding carboxylic acids is 1. The first-order valence-corrected chi connectivity index (χ1v) is 11.0. The first-order valence-electron chi connectivity index (χ1n) is 9.16. The van der Waals surface area contributed by atoms with Gasteiger partial charge in [-0.15, -0.1) is 0 Å². The predicted octanol–water partition coefficient (Wildman–Crippen LogP) is 4.60. The van der Waals surface area contributed by atoms with Crippen molar-refractivity contribution in [2.45, 2.75) is 37.5 Å². The second kappa shape index (κ2) is 8.59. The van der Waals surface area contributed by atoms with Crippen LogP contribution in [-0.4, -0.2) is 31.7 Å². The molecule has 150 valence electrons. The summed E-state index contributed by atoms with van der Waals surface area (Å²) in [6.07, 6.45) is 3.57. The number of nitrogens with one attached hydrogen (secondary N) is 1. The molecule has 0 spiro atoms. The Labute approximate surface area is 169 Å². The van der Waals surface area contributed by atoms with Crippen LogP contribution in [-0.2, 0) is 10.0 Å². The predicted molar refractivity (Wildman–Crippen MR) is 108 cm³/mol. The van der Waals surface area contributed by atoms with Crippen LogP contribution in [0.15, 0.2) is 41.3 Å². The van der Waals surface area contributed by atoms with E-state index in [1.165, 1.54) is 34.6 Å². The molecule has 2 aromatic rings. The summed E-state index contributed by atoms with van der Waals surface area (Å²) in [5.74, 6) is -1.17. The third-order valence-corrected chi connectivity index (χ3v) is 7.13. The molecule has 0 saturated carbocycles. The zero-order chi connectivity index (χ0) is 20.3. The van der Waals surface area contributed by atoms with Crippen molar-refractivity contribution in [2.24, 2.45) is 0 Å². The first kappa shape index (κ1) is 20.8. The summed E-state index contributed by atoms with van der Waals surface area (Å²) < 4.78 is 41.4. The lowest BCUT2D eigenvalue weighted by atomic mass is 10.2. The molecule has 0 bridgehead atoms. The first-order chi connectivity index (χ1) is 13.3. The van der Waals surface area contributed by atoms with Crippen molar-refractivity contribution in [3.8, 4) is 0 Å². The van der Waals surface area contributed by atoms with Gasteiger partial charge in [-0.2, -0.15) is 4.31 Å². The number of anilines is 1. The molecule has 2 aromatic carbocycles. The highest BCUT2D eigenvalue weighted by molar-refractivity contribution is 7.89. The lowest BCUT2D eigenvalue weighted by Gasteiger charge is -2.21. The van der Waals surface area contributed by atoms with Crippen LogP contribution in [0.4, 0.5) is 10.1 Å². The Morgan fingerprint density at radius 3 is 2.43 bits per heavy atom. The molecule has 1 aliphatic heterocycles. The Balaban J connectivity index is 1.90. The highest BCUT2D eigenvalue weighted by atomic mass is 35.5. The Bertz CT molecular complexity index is 987. The molecule has 0 unspecified atom stereocenters. The van der Waals surface area contributed by atoms with Crippen LogP contribution in [0.1, 0.15) is 41.6 Å². The van der Waals surface area contributed by atoms with Gasteiger partial charge >= 0.3 is 0 Å². The third kappa shape index (κ3) is 4.54. The number of halogens is 2. The molecule has 1 saturated heterocycles. The van der Waals surface area contributed by atoms with E-state index < -0.39 is 21.7 Å². The number of rotatable bonds is 4. The summed E-state index contributed by atoms with van der Waals surface area (Å²) in [6, 6.07) is 8.44. The number of hydrogen-bond acceptors (Lipinski definition) is 3. The number of benzene rings is 2. The molecule has 3 rings (SSSR count). The quantitative estimate of drug-likeness (QED) is 0.779. The van der Waals surface area contributed by atoms with Crippen molar-refractivity contribution in [3.63, 3.8) is 0 Å². The van der Waals surface area contributed by atoms with Gasteiger partial charge in [-0.1, -0.05) is 30.5 Å². The van der Waals surface area contributed by atoms with Gasteiger partial charge in [-0.05, 0) is 55.7 Å². The van der Waals surface area contributed by atoms with Crippen LogP contribution in [0, 0.1) is 12.7 Å². The summed E-state index contributed by atoms with van der Waals surface area (Å²) in [5, 5.41) is 2.55. The van der Waals surface area contributed by atoms with Crippen molar-refractivity contribution in [1.29, 1.82) is 0 Å². The number of carbonyl (C=O) groups is 1. The lowest BCUT2D eigenvalue weighted by molar-refractivity contribution is 0.102. The Morgan fingerprint density at radius 2 is 1.75 bits per heavy atom. The molecule has 1 amide bonds. The Hall–Kier alpha value is -1.96. The summed E-state index contributed by atoms with van der Waals surface area (Å²) >= 11 is 6.15. The van der Waals surface area contributed by atoms with Gasteiger partial charge < -0.3 is 5.32 Å². The molecular weight excluding hydrogens is 403 g/mol. The molecule has 1 aliphatic rings. The van der Waals surface area contributed by atoms with Gasteiger partial charge in [0.2, 0.25) is 10.0 Å². The highest BCUT2D eigenvalue weighted by Gasteiger charge is 2.28. The maximum absolute atomic E-state index is 13.9. The van der Waals surface area contributed by atoms with Crippen LogP contribution < -0.4 is 5.32 Å². The molecule has 0 atom stereocenters. The number of amides is 1. The summed E-state index contributed by atoms with van der Waals surface area (Å²) in [7, 11) is -3.81. The highest BCUT2D eigenvalue weighted by Crippen LogP contribution is 2.28. The monoisotopic (exact) mass is 424 g/mol. The number of nitrogens with zero attached hydrogens (tertiary/aromatic N) is 1. The van der Waals surface area contributed by atoms with E-state index in [9.17, 15) is 17.6 Å². The zero-order valence-electron chi connectivity index (χ0n) is 15.5.